The average molecular weight is 479 g/mol. The summed E-state index contributed by atoms with van der Waals surface area (Å²) in [6.45, 7) is 5.34. The van der Waals surface area contributed by atoms with Crippen molar-refractivity contribution in [3.63, 3.8) is 0 Å². The minimum atomic E-state index is -0.526. The van der Waals surface area contributed by atoms with Gasteiger partial charge in [-0.3, -0.25) is 4.79 Å². The van der Waals surface area contributed by atoms with E-state index in [1.54, 1.807) is 6.20 Å². The fourth-order valence-electron chi connectivity index (χ4n) is 4.56. The third-order valence-electron chi connectivity index (χ3n) is 6.57. The molecule has 8 nitrogen and oxygen atoms in total. The molecule has 1 amide bonds. The Hall–Kier alpha value is -3.39. The quantitative estimate of drug-likeness (QED) is 0.407. The third kappa shape index (κ3) is 5.48. The van der Waals surface area contributed by atoms with Gasteiger partial charge in [-0.15, -0.1) is 0 Å². The van der Waals surface area contributed by atoms with Gasteiger partial charge in [0.25, 0.3) is 5.91 Å². The van der Waals surface area contributed by atoms with Crippen LogP contribution in [0.2, 0.25) is 0 Å². The number of rotatable bonds is 10. The number of carbonyl (C=O) groups excluding carboxylic acids is 2. The Morgan fingerprint density at radius 1 is 1.23 bits per heavy atom. The number of amides is 1. The summed E-state index contributed by atoms with van der Waals surface area (Å²) in [5.41, 5.74) is 3.31. The number of benzene rings is 1. The fourth-order valence-corrected chi connectivity index (χ4v) is 4.56. The number of methoxy groups -OCH3 is 1. The molecule has 4 rings (SSSR count). The number of esters is 1. The molecule has 0 aliphatic carbocycles. The Labute approximate surface area is 206 Å². The van der Waals surface area contributed by atoms with Gasteiger partial charge in [0.05, 0.1) is 24.7 Å². The molecule has 3 aromatic rings. The van der Waals surface area contributed by atoms with Crippen LogP contribution in [-0.4, -0.2) is 47.3 Å². The number of fused-ring (bicyclic) bond motifs is 1. The lowest BCUT2D eigenvalue weighted by Crippen LogP contribution is -2.28. The van der Waals surface area contributed by atoms with E-state index in [9.17, 15) is 9.59 Å². The number of hydrogen-bond donors (Lipinski definition) is 2. The molecule has 0 spiro atoms. The number of ether oxygens (including phenoxy) is 2. The SMILES string of the molecule is CCC(CC)Nc1cnc2c(c1)c(NC(=O)[C@H]1CCCO1)c(C(=O)OC)n2CCc1ccccc1. The van der Waals surface area contributed by atoms with Gasteiger partial charge in [-0.05, 0) is 43.7 Å². The summed E-state index contributed by atoms with van der Waals surface area (Å²) in [6.07, 6.45) is 5.40. The Morgan fingerprint density at radius 2 is 2.00 bits per heavy atom. The summed E-state index contributed by atoms with van der Waals surface area (Å²) in [5, 5.41) is 7.19. The van der Waals surface area contributed by atoms with Crippen molar-refractivity contribution in [2.75, 3.05) is 24.4 Å². The monoisotopic (exact) mass is 478 g/mol. The van der Waals surface area contributed by atoms with Gasteiger partial charge in [0.15, 0.2) is 5.69 Å². The van der Waals surface area contributed by atoms with Crippen LogP contribution in [0.15, 0.2) is 42.6 Å². The summed E-state index contributed by atoms with van der Waals surface area (Å²) in [7, 11) is 1.35. The van der Waals surface area contributed by atoms with E-state index in [1.165, 1.54) is 7.11 Å². The molecule has 2 N–H and O–H groups in total. The lowest BCUT2D eigenvalue weighted by molar-refractivity contribution is -0.124. The minimum Gasteiger partial charge on any atom is -0.464 e. The normalized spacial score (nSPS) is 15.5. The minimum absolute atomic E-state index is 0.256. The van der Waals surface area contributed by atoms with Crippen LogP contribution in [-0.2, 0) is 27.2 Å². The summed E-state index contributed by atoms with van der Waals surface area (Å²) in [5.74, 6) is -0.777. The topological polar surface area (TPSA) is 94.5 Å². The number of aryl methyl sites for hydroxylation is 2. The standard InChI is InChI=1S/C27H34N4O4/c1-4-19(5-2)29-20-16-21-23(30-26(32)22-12-9-15-35-22)24(27(33)34-3)31(25(21)28-17-20)14-13-18-10-7-6-8-11-18/h6-8,10-11,16-17,19,22,29H,4-5,9,12-15H2,1-3H3,(H,30,32)/t22-/m1/s1. The number of hydrogen-bond acceptors (Lipinski definition) is 6. The first-order valence-corrected chi connectivity index (χ1v) is 12.4. The van der Waals surface area contributed by atoms with Crippen LogP contribution in [0.3, 0.4) is 0 Å². The van der Waals surface area contributed by atoms with Gasteiger partial charge >= 0.3 is 5.97 Å². The molecule has 1 aliphatic heterocycles. The number of aromatic nitrogens is 2. The van der Waals surface area contributed by atoms with Crippen LogP contribution in [0.5, 0.6) is 0 Å². The molecule has 2 aromatic heterocycles. The van der Waals surface area contributed by atoms with Crippen LogP contribution in [0, 0.1) is 0 Å². The zero-order chi connectivity index (χ0) is 24.8. The van der Waals surface area contributed by atoms with E-state index in [0.29, 0.717) is 48.8 Å². The van der Waals surface area contributed by atoms with Crippen LogP contribution in [0.4, 0.5) is 11.4 Å². The van der Waals surface area contributed by atoms with E-state index in [1.807, 2.05) is 28.8 Å². The molecule has 1 atom stereocenters. The third-order valence-corrected chi connectivity index (χ3v) is 6.57. The molecule has 3 heterocycles. The van der Waals surface area contributed by atoms with Crippen molar-refractivity contribution in [3.05, 3.63) is 53.9 Å². The number of pyridine rings is 1. The summed E-state index contributed by atoms with van der Waals surface area (Å²) < 4.78 is 12.6. The zero-order valence-electron chi connectivity index (χ0n) is 20.7. The predicted molar refractivity (Wildman–Crippen MR) is 137 cm³/mol. The highest BCUT2D eigenvalue weighted by atomic mass is 16.5. The second-order valence-corrected chi connectivity index (χ2v) is 8.85. The smallest absolute Gasteiger partial charge is 0.356 e. The number of nitrogens with one attached hydrogen (secondary N) is 2. The van der Waals surface area contributed by atoms with Gasteiger partial charge < -0.3 is 24.7 Å². The molecule has 8 heteroatoms. The van der Waals surface area contributed by atoms with Crippen LogP contribution in [0.25, 0.3) is 11.0 Å². The van der Waals surface area contributed by atoms with Crippen molar-refractivity contribution in [3.8, 4) is 0 Å². The largest absolute Gasteiger partial charge is 0.464 e. The number of carbonyl (C=O) groups is 2. The Balaban J connectivity index is 1.79. The van der Waals surface area contributed by atoms with E-state index in [2.05, 4.69) is 36.6 Å². The zero-order valence-corrected chi connectivity index (χ0v) is 20.7. The summed E-state index contributed by atoms with van der Waals surface area (Å²) >= 11 is 0. The molecular formula is C27H34N4O4. The van der Waals surface area contributed by atoms with Crippen molar-refractivity contribution in [2.45, 2.75) is 64.6 Å². The highest BCUT2D eigenvalue weighted by Gasteiger charge is 2.30. The highest BCUT2D eigenvalue weighted by molar-refractivity contribution is 6.12. The first-order valence-electron chi connectivity index (χ1n) is 12.4. The maximum Gasteiger partial charge on any atom is 0.356 e. The fraction of sp³-hybridized carbons (Fsp3) is 0.444. The molecule has 0 bridgehead atoms. The number of nitrogens with zero attached hydrogens (tertiary/aromatic N) is 2. The van der Waals surface area contributed by atoms with Gasteiger partial charge in [0.1, 0.15) is 11.8 Å². The van der Waals surface area contributed by atoms with E-state index in [-0.39, 0.29) is 11.6 Å². The Bertz CT molecular complexity index is 1160. The first kappa shape index (κ1) is 24.7. The lowest BCUT2D eigenvalue weighted by atomic mass is 10.1. The lowest BCUT2D eigenvalue weighted by Gasteiger charge is -2.16. The second-order valence-electron chi connectivity index (χ2n) is 8.85. The van der Waals surface area contributed by atoms with Gasteiger partial charge in [0.2, 0.25) is 0 Å². The molecular weight excluding hydrogens is 444 g/mol. The van der Waals surface area contributed by atoms with Crippen molar-refractivity contribution in [1.82, 2.24) is 9.55 Å². The van der Waals surface area contributed by atoms with Crippen molar-refractivity contribution in [1.29, 1.82) is 0 Å². The first-order chi connectivity index (χ1) is 17.0. The second kappa shape index (κ2) is 11.4. The molecule has 1 saturated heterocycles. The molecule has 1 fully saturated rings. The van der Waals surface area contributed by atoms with Crippen molar-refractivity contribution in [2.24, 2.45) is 0 Å². The van der Waals surface area contributed by atoms with E-state index in [0.717, 1.165) is 30.5 Å². The van der Waals surface area contributed by atoms with Crippen LogP contribution < -0.4 is 10.6 Å². The van der Waals surface area contributed by atoms with Crippen molar-refractivity contribution < 1.29 is 19.1 Å². The molecule has 1 aliphatic rings. The van der Waals surface area contributed by atoms with Crippen LogP contribution >= 0.6 is 0 Å². The molecule has 35 heavy (non-hydrogen) atoms. The number of anilines is 2. The van der Waals surface area contributed by atoms with Gasteiger partial charge in [-0.1, -0.05) is 44.2 Å². The summed E-state index contributed by atoms with van der Waals surface area (Å²) in [6, 6.07) is 12.3. The molecule has 0 saturated carbocycles. The summed E-state index contributed by atoms with van der Waals surface area (Å²) in [4.78, 5) is 30.8. The van der Waals surface area contributed by atoms with Crippen LogP contribution in [0.1, 0.15) is 55.6 Å². The van der Waals surface area contributed by atoms with Gasteiger partial charge in [-0.25, -0.2) is 9.78 Å². The maximum absolute atomic E-state index is 13.0. The molecule has 0 unspecified atom stereocenters. The van der Waals surface area contributed by atoms with E-state index < -0.39 is 12.1 Å². The maximum atomic E-state index is 13.0. The van der Waals surface area contributed by atoms with Gasteiger partial charge in [0, 0.05) is 24.6 Å². The predicted octanol–water partition coefficient (Wildman–Crippen LogP) is 4.78. The molecule has 186 valence electrons. The molecule has 0 radical (unpaired) electrons. The Morgan fingerprint density at radius 3 is 2.66 bits per heavy atom. The van der Waals surface area contributed by atoms with E-state index in [4.69, 9.17) is 14.5 Å². The highest BCUT2D eigenvalue weighted by Crippen LogP contribution is 2.34. The Kier molecular flexibility index (Phi) is 8.02. The average Bonchev–Trinajstić information content (AvgIpc) is 3.53. The van der Waals surface area contributed by atoms with Crippen molar-refractivity contribution >= 4 is 34.3 Å². The van der Waals surface area contributed by atoms with Gasteiger partial charge in [-0.2, -0.15) is 0 Å². The molecule has 1 aromatic carbocycles. The van der Waals surface area contributed by atoms with E-state index >= 15 is 0 Å².